The molecule has 0 aliphatic heterocycles. The summed E-state index contributed by atoms with van der Waals surface area (Å²) < 4.78 is 0.778. The molecule has 2 amide bonds. The second-order valence-corrected chi connectivity index (χ2v) is 5.62. The zero-order chi connectivity index (χ0) is 15.9. The number of halogens is 1. The van der Waals surface area contributed by atoms with Crippen molar-refractivity contribution >= 4 is 39.1 Å². The van der Waals surface area contributed by atoms with Crippen molar-refractivity contribution < 1.29 is 9.59 Å². The van der Waals surface area contributed by atoms with E-state index in [1.165, 1.54) is 0 Å². The van der Waals surface area contributed by atoms with Crippen LogP contribution in [0, 0.1) is 0 Å². The van der Waals surface area contributed by atoms with Crippen molar-refractivity contribution in [3.63, 3.8) is 0 Å². The van der Waals surface area contributed by atoms with Gasteiger partial charge in [-0.15, -0.1) is 0 Å². The van der Waals surface area contributed by atoms with Crippen molar-refractivity contribution in [1.82, 2.24) is 0 Å². The van der Waals surface area contributed by atoms with Crippen molar-refractivity contribution in [2.45, 2.75) is 19.8 Å². The lowest BCUT2D eigenvalue weighted by molar-refractivity contribution is -0.123. The van der Waals surface area contributed by atoms with E-state index in [1.807, 2.05) is 49.4 Å². The van der Waals surface area contributed by atoms with E-state index in [-0.39, 0.29) is 18.2 Å². The van der Waals surface area contributed by atoms with Gasteiger partial charge in [-0.05, 0) is 46.1 Å². The molecule has 2 rings (SSSR count). The normalized spacial score (nSPS) is 10.1. The minimum absolute atomic E-state index is 0.223. The number of para-hydroxylation sites is 2. The van der Waals surface area contributed by atoms with E-state index in [2.05, 4.69) is 26.6 Å². The summed E-state index contributed by atoms with van der Waals surface area (Å²) >= 11 is 3.35. The molecule has 22 heavy (non-hydrogen) atoms. The average Bonchev–Trinajstić information content (AvgIpc) is 2.50. The van der Waals surface area contributed by atoms with Crippen LogP contribution in [0.1, 0.15) is 18.9 Å². The van der Waals surface area contributed by atoms with Crippen molar-refractivity contribution in [2.24, 2.45) is 0 Å². The minimum atomic E-state index is -0.349. The number of carbonyl (C=O) groups is 2. The molecule has 0 aliphatic carbocycles. The van der Waals surface area contributed by atoms with Crippen molar-refractivity contribution in [1.29, 1.82) is 0 Å². The van der Waals surface area contributed by atoms with E-state index in [4.69, 9.17) is 0 Å². The maximum Gasteiger partial charge on any atom is 0.233 e. The van der Waals surface area contributed by atoms with Crippen LogP contribution < -0.4 is 10.6 Å². The van der Waals surface area contributed by atoms with Crippen LogP contribution in [0.3, 0.4) is 0 Å². The second kappa shape index (κ2) is 7.75. The minimum Gasteiger partial charge on any atom is -0.325 e. The summed E-state index contributed by atoms with van der Waals surface area (Å²) in [6.07, 6.45) is 0.596. The largest absolute Gasteiger partial charge is 0.325 e. The van der Waals surface area contributed by atoms with Gasteiger partial charge >= 0.3 is 0 Å². The van der Waals surface area contributed by atoms with Gasteiger partial charge in [0.15, 0.2) is 0 Å². The summed E-state index contributed by atoms with van der Waals surface area (Å²) in [5.74, 6) is -0.677. The number of aryl methyl sites for hydroxylation is 1. The summed E-state index contributed by atoms with van der Waals surface area (Å²) in [6.45, 7) is 2.02. The quantitative estimate of drug-likeness (QED) is 0.792. The molecule has 0 heterocycles. The fourth-order valence-electron chi connectivity index (χ4n) is 2.05. The first kappa shape index (κ1) is 16.2. The Morgan fingerprint density at radius 2 is 1.45 bits per heavy atom. The van der Waals surface area contributed by atoms with Gasteiger partial charge in [0.2, 0.25) is 11.8 Å². The number of nitrogens with one attached hydrogen (secondary N) is 2. The van der Waals surface area contributed by atoms with Gasteiger partial charge in [0.05, 0.1) is 5.69 Å². The van der Waals surface area contributed by atoms with Gasteiger partial charge < -0.3 is 10.6 Å². The number of rotatable bonds is 5. The maximum absolute atomic E-state index is 12.0. The fourth-order valence-corrected chi connectivity index (χ4v) is 2.43. The Kier molecular flexibility index (Phi) is 5.72. The predicted molar refractivity (Wildman–Crippen MR) is 91.8 cm³/mol. The van der Waals surface area contributed by atoms with E-state index in [0.29, 0.717) is 5.69 Å². The van der Waals surface area contributed by atoms with Crippen LogP contribution in [-0.4, -0.2) is 11.8 Å². The van der Waals surface area contributed by atoms with Crippen LogP contribution in [-0.2, 0) is 16.0 Å². The monoisotopic (exact) mass is 360 g/mol. The summed E-state index contributed by atoms with van der Waals surface area (Å²) in [7, 11) is 0. The first-order valence-electron chi connectivity index (χ1n) is 7.02. The lowest BCUT2D eigenvalue weighted by Gasteiger charge is -2.10. The molecule has 2 aromatic carbocycles. The molecule has 0 saturated heterocycles. The van der Waals surface area contributed by atoms with Crippen molar-refractivity contribution in [2.75, 3.05) is 10.6 Å². The Hall–Kier alpha value is -2.14. The molecule has 0 atom stereocenters. The lowest BCUT2D eigenvalue weighted by atomic mass is 10.1. The first-order valence-corrected chi connectivity index (χ1v) is 7.81. The van der Waals surface area contributed by atoms with Gasteiger partial charge in [-0.25, -0.2) is 0 Å². The number of hydrogen-bond donors (Lipinski definition) is 2. The van der Waals surface area contributed by atoms with Crippen molar-refractivity contribution in [3.05, 3.63) is 58.6 Å². The zero-order valence-electron chi connectivity index (χ0n) is 12.2. The highest BCUT2D eigenvalue weighted by molar-refractivity contribution is 9.10. The molecule has 4 nitrogen and oxygen atoms in total. The SMILES string of the molecule is CCc1ccccc1NC(=O)CC(=O)Nc1ccccc1Br. The molecule has 0 radical (unpaired) electrons. The average molecular weight is 361 g/mol. The molecule has 0 unspecified atom stereocenters. The van der Waals surface area contributed by atoms with E-state index in [1.54, 1.807) is 6.07 Å². The molecular formula is C17H17BrN2O2. The summed E-state index contributed by atoms with van der Waals surface area (Å²) in [5, 5.41) is 5.49. The topological polar surface area (TPSA) is 58.2 Å². The highest BCUT2D eigenvalue weighted by Crippen LogP contribution is 2.21. The van der Waals surface area contributed by atoms with E-state index < -0.39 is 0 Å². The van der Waals surface area contributed by atoms with Gasteiger partial charge in [0.1, 0.15) is 6.42 Å². The lowest BCUT2D eigenvalue weighted by Crippen LogP contribution is -2.22. The Balaban J connectivity index is 1.94. The Labute approximate surface area is 138 Å². The van der Waals surface area contributed by atoms with Gasteiger partial charge in [-0.1, -0.05) is 37.3 Å². The maximum atomic E-state index is 12.0. The third kappa shape index (κ3) is 4.43. The van der Waals surface area contributed by atoms with Gasteiger partial charge in [-0.3, -0.25) is 9.59 Å². The van der Waals surface area contributed by atoms with E-state index in [9.17, 15) is 9.59 Å². The molecular weight excluding hydrogens is 344 g/mol. The molecule has 0 saturated carbocycles. The number of anilines is 2. The highest BCUT2D eigenvalue weighted by Gasteiger charge is 2.12. The van der Waals surface area contributed by atoms with Crippen LogP contribution in [0.4, 0.5) is 11.4 Å². The van der Waals surface area contributed by atoms with Crippen LogP contribution >= 0.6 is 15.9 Å². The third-order valence-electron chi connectivity index (χ3n) is 3.14. The van der Waals surface area contributed by atoms with Crippen LogP contribution in [0.2, 0.25) is 0 Å². The zero-order valence-corrected chi connectivity index (χ0v) is 13.8. The van der Waals surface area contributed by atoms with Crippen molar-refractivity contribution in [3.8, 4) is 0 Å². The van der Waals surface area contributed by atoms with Crippen LogP contribution in [0.15, 0.2) is 53.0 Å². The number of carbonyl (C=O) groups excluding carboxylic acids is 2. The standard InChI is InChI=1S/C17H17BrN2O2/c1-2-12-7-3-5-9-14(12)19-16(21)11-17(22)20-15-10-6-4-8-13(15)18/h3-10H,2,11H2,1H3,(H,19,21)(H,20,22). The Morgan fingerprint density at radius 1 is 0.909 bits per heavy atom. The van der Waals surface area contributed by atoms with Gasteiger partial charge in [0, 0.05) is 10.2 Å². The summed E-state index contributed by atoms with van der Waals surface area (Å²) in [6, 6.07) is 14.8. The second-order valence-electron chi connectivity index (χ2n) is 4.76. The summed E-state index contributed by atoms with van der Waals surface area (Å²) in [5.41, 5.74) is 2.44. The van der Waals surface area contributed by atoms with Gasteiger partial charge in [-0.2, -0.15) is 0 Å². The molecule has 114 valence electrons. The molecule has 0 aliphatic rings. The molecule has 0 bridgehead atoms. The molecule has 2 aromatic rings. The Morgan fingerprint density at radius 3 is 2.09 bits per heavy atom. The molecule has 0 fully saturated rings. The van der Waals surface area contributed by atoms with Gasteiger partial charge in [0.25, 0.3) is 0 Å². The smallest absolute Gasteiger partial charge is 0.233 e. The number of amides is 2. The fraction of sp³-hybridized carbons (Fsp3) is 0.176. The molecule has 5 heteroatoms. The third-order valence-corrected chi connectivity index (χ3v) is 3.83. The first-order chi connectivity index (χ1) is 10.6. The van der Waals surface area contributed by atoms with E-state index in [0.717, 1.165) is 22.1 Å². The number of hydrogen-bond acceptors (Lipinski definition) is 2. The predicted octanol–water partition coefficient (Wildman–Crippen LogP) is 3.98. The molecule has 2 N–H and O–H groups in total. The number of benzene rings is 2. The molecule has 0 aromatic heterocycles. The highest BCUT2D eigenvalue weighted by atomic mass is 79.9. The van der Waals surface area contributed by atoms with E-state index >= 15 is 0 Å². The molecule has 0 spiro atoms. The summed E-state index contributed by atoms with van der Waals surface area (Å²) in [4.78, 5) is 23.9. The Bertz CT molecular complexity index is 686. The van der Waals surface area contributed by atoms with Crippen LogP contribution in [0.25, 0.3) is 0 Å². The van der Waals surface area contributed by atoms with Crippen LogP contribution in [0.5, 0.6) is 0 Å².